The second kappa shape index (κ2) is 6.06. The van der Waals surface area contributed by atoms with E-state index in [-0.39, 0.29) is 11.9 Å². The van der Waals surface area contributed by atoms with E-state index in [1.165, 1.54) is 6.07 Å². The van der Waals surface area contributed by atoms with Crippen LogP contribution in [0.2, 0.25) is 0 Å². The van der Waals surface area contributed by atoms with E-state index < -0.39 is 0 Å². The average Bonchev–Trinajstić information content (AvgIpc) is 2.64. The van der Waals surface area contributed by atoms with Crippen molar-refractivity contribution in [3.8, 4) is 0 Å². The van der Waals surface area contributed by atoms with Crippen LogP contribution in [0.5, 0.6) is 0 Å². The lowest BCUT2D eigenvalue weighted by Crippen LogP contribution is -2.24. The predicted octanol–water partition coefficient (Wildman–Crippen LogP) is 3.64. The third-order valence-corrected chi connectivity index (χ3v) is 4.02. The minimum Gasteiger partial charge on any atom is -0.306 e. The van der Waals surface area contributed by atoms with Gasteiger partial charge in [0.25, 0.3) is 0 Å². The predicted molar refractivity (Wildman–Crippen MR) is 82.3 cm³/mol. The second-order valence-corrected chi connectivity index (χ2v) is 5.78. The molecule has 0 fully saturated rings. The summed E-state index contributed by atoms with van der Waals surface area (Å²) in [6, 6.07) is 4.84. The Labute approximate surface area is 127 Å². The summed E-state index contributed by atoms with van der Waals surface area (Å²) in [4.78, 5) is 0. The third kappa shape index (κ3) is 2.79. The quantitative estimate of drug-likeness (QED) is 0.921. The minimum absolute atomic E-state index is 0.189. The van der Waals surface area contributed by atoms with Crippen molar-refractivity contribution < 1.29 is 4.39 Å². The number of hydrogen-bond donors (Lipinski definition) is 1. The highest BCUT2D eigenvalue weighted by Gasteiger charge is 2.23. The average molecular weight is 340 g/mol. The molecule has 2 rings (SSSR count). The van der Waals surface area contributed by atoms with Crippen LogP contribution >= 0.6 is 15.9 Å². The maximum Gasteiger partial charge on any atom is 0.128 e. The summed E-state index contributed by atoms with van der Waals surface area (Å²) in [6.07, 6.45) is 0. The number of benzene rings is 1. The van der Waals surface area contributed by atoms with Crippen LogP contribution in [0.3, 0.4) is 0 Å². The van der Waals surface area contributed by atoms with Crippen molar-refractivity contribution in [3.63, 3.8) is 0 Å². The molecule has 20 heavy (non-hydrogen) atoms. The SMILES string of the molecule is CCNC(c1cc(Br)ccc1F)c1c(C)nn(C)c1C. The number of nitrogens with zero attached hydrogens (tertiary/aromatic N) is 2. The number of nitrogens with one attached hydrogen (secondary N) is 1. The first kappa shape index (κ1) is 15.2. The van der Waals surface area contributed by atoms with Gasteiger partial charge in [0, 0.05) is 28.3 Å². The largest absolute Gasteiger partial charge is 0.306 e. The van der Waals surface area contributed by atoms with Crippen molar-refractivity contribution in [2.45, 2.75) is 26.8 Å². The topological polar surface area (TPSA) is 29.9 Å². The van der Waals surface area contributed by atoms with Crippen LogP contribution in [0.15, 0.2) is 22.7 Å². The smallest absolute Gasteiger partial charge is 0.128 e. The molecule has 3 nitrogen and oxygen atoms in total. The van der Waals surface area contributed by atoms with Crippen LogP contribution in [0.4, 0.5) is 4.39 Å². The number of aryl methyl sites for hydroxylation is 2. The molecule has 0 aliphatic heterocycles. The summed E-state index contributed by atoms with van der Waals surface area (Å²) in [5.41, 5.74) is 3.66. The zero-order valence-corrected chi connectivity index (χ0v) is 13.8. The number of halogens is 2. The zero-order chi connectivity index (χ0) is 14.9. The standard InChI is InChI=1S/C15H19BrFN3/c1-5-18-15(12-8-11(16)6-7-13(12)17)14-9(2)19-20(4)10(14)3/h6-8,15,18H,5H2,1-4H3. The molecule has 1 unspecified atom stereocenters. The molecule has 0 aliphatic carbocycles. The summed E-state index contributed by atoms with van der Waals surface area (Å²) >= 11 is 3.42. The van der Waals surface area contributed by atoms with Gasteiger partial charge in [0.15, 0.2) is 0 Å². The molecule has 0 radical (unpaired) electrons. The van der Waals surface area contributed by atoms with Crippen molar-refractivity contribution in [1.82, 2.24) is 15.1 Å². The van der Waals surface area contributed by atoms with Crippen molar-refractivity contribution in [3.05, 3.63) is 51.0 Å². The fourth-order valence-electron chi connectivity index (χ4n) is 2.52. The lowest BCUT2D eigenvalue weighted by molar-refractivity contribution is 0.555. The first-order valence-corrected chi connectivity index (χ1v) is 7.43. The van der Waals surface area contributed by atoms with Crippen LogP contribution < -0.4 is 5.32 Å². The van der Waals surface area contributed by atoms with Crippen LogP contribution in [0, 0.1) is 19.7 Å². The molecule has 0 saturated carbocycles. The van der Waals surface area contributed by atoms with Crippen LogP contribution in [0.25, 0.3) is 0 Å². The lowest BCUT2D eigenvalue weighted by Gasteiger charge is -2.20. The molecule has 0 saturated heterocycles. The first-order chi connectivity index (χ1) is 9.45. The fourth-order valence-corrected chi connectivity index (χ4v) is 2.89. The van der Waals surface area contributed by atoms with E-state index in [4.69, 9.17) is 0 Å². The molecule has 1 atom stereocenters. The second-order valence-electron chi connectivity index (χ2n) is 4.86. The Hall–Kier alpha value is -1.20. The molecule has 0 spiro atoms. The fraction of sp³-hybridized carbons (Fsp3) is 0.400. The Bertz CT molecular complexity index is 622. The summed E-state index contributed by atoms with van der Waals surface area (Å²) in [7, 11) is 1.91. The monoisotopic (exact) mass is 339 g/mol. The Morgan fingerprint density at radius 3 is 2.65 bits per heavy atom. The summed E-state index contributed by atoms with van der Waals surface area (Å²) in [5.74, 6) is -0.207. The Morgan fingerprint density at radius 1 is 1.40 bits per heavy atom. The van der Waals surface area contributed by atoms with E-state index in [9.17, 15) is 4.39 Å². The van der Waals surface area contributed by atoms with Gasteiger partial charge in [0.2, 0.25) is 0 Å². The van der Waals surface area contributed by atoms with E-state index >= 15 is 0 Å². The molecular formula is C15H19BrFN3. The van der Waals surface area contributed by atoms with Crippen LogP contribution in [-0.4, -0.2) is 16.3 Å². The van der Waals surface area contributed by atoms with E-state index in [2.05, 4.69) is 26.3 Å². The normalized spacial score (nSPS) is 12.7. The molecule has 2 aromatic rings. The summed E-state index contributed by atoms with van der Waals surface area (Å²) in [6.45, 7) is 6.74. The van der Waals surface area contributed by atoms with Gasteiger partial charge in [-0.3, -0.25) is 4.68 Å². The van der Waals surface area contributed by atoms with E-state index in [0.717, 1.165) is 28.0 Å². The van der Waals surface area contributed by atoms with E-state index in [0.29, 0.717) is 5.56 Å². The van der Waals surface area contributed by atoms with Gasteiger partial charge in [-0.15, -0.1) is 0 Å². The molecular weight excluding hydrogens is 321 g/mol. The van der Waals surface area contributed by atoms with Gasteiger partial charge in [-0.2, -0.15) is 5.10 Å². The van der Waals surface area contributed by atoms with Gasteiger partial charge >= 0.3 is 0 Å². The van der Waals surface area contributed by atoms with Crippen molar-refractivity contribution >= 4 is 15.9 Å². The Morgan fingerprint density at radius 2 is 2.10 bits per heavy atom. The van der Waals surface area contributed by atoms with Gasteiger partial charge in [-0.05, 0) is 38.6 Å². The Balaban J connectivity index is 2.59. The van der Waals surface area contributed by atoms with Crippen LogP contribution in [0.1, 0.15) is 35.5 Å². The van der Waals surface area contributed by atoms with Gasteiger partial charge in [0.1, 0.15) is 5.82 Å². The lowest BCUT2D eigenvalue weighted by atomic mass is 9.96. The molecule has 0 amide bonds. The molecule has 0 bridgehead atoms. The van der Waals surface area contributed by atoms with Gasteiger partial charge in [0.05, 0.1) is 11.7 Å². The molecule has 1 aromatic carbocycles. The highest BCUT2D eigenvalue weighted by molar-refractivity contribution is 9.10. The number of hydrogen-bond acceptors (Lipinski definition) is 2. The minimum atomic E-state index is -0.207. The highest BCUT2D eigenvalue weighted by atomic mass is 79.9. The Kier molecular flexibility index (Phi) is 4.60. The molecule has 0 aliphatic rings. The van der Waals surface area contributed by atoms with Gasteiger partial charge in [-0.1, -0.05) is 22.9 Å². The summed E-state index contributed by atoms with van der Waals surface area (Å²) < 4.78 is 16.9. The number of aromatic nitrogens is 2. The number of rotatable bonds is 4. The van der Waals surface area contributed by atoms with Crippen molar-refractivity contribution in [2.75, 3.05) is 6.54 Å². The molecule has 108 valence electrons. The van der Waals surface area contributed by atoms with Gasteiger partial charge < -0.3 is 5.32 Å². The highest BCUT2D eigenvalue weighted by Crippen LogP contribution is 2.30. The van der Waals surface area contributed by atoms with Gasteiger partial charge in [-0.25, -0.2) is 4.39 Å². The van der Waals surface area contributed by atoms with Crippen molar-refractivity contribution in [2.24, 2.45) is 7.05 Å². The molecule has 1 heterocycles. The van der Waals surface area contributed by atoms with Crippen LogP contribution in [-0.2, 0) is 7.05 Å². The van der Waals surface area contributed by atoms with E-state index in [1.54, 1.807) is 6.07 Å². The zero-order valence-electron chi connectivity index (χ0n) is 12.2. The maximum absolute atomic E-state index is 14.2. The molecule has 1 N–H and O–H groups in total. The molecule has 1 aromatic heterocycles. The van der Waals surface area contributed by atoms with E-state index in [1.807, 2.05) is 38.6 Å². The maximum atomic E-state index is 14.2. The molecule has 5 heteroatoms. The third-order valence-electron chi connectivity index (χ3n) is 3.53. The summed E-state index contributed by atoms with van der Waals surface area (Å²) in [5, 5.41) is 7.80. The first-order valence-electron chi connectivity index (χ1n) is 6.64. The van der Waals surface area contributed by atoms with Crippen molar-refractivity contribution in [1.29, 1.82) is 0 Å².